The summed E-state index contributed by atoms with van der Waals surface area (Å²) >= 11 is 6.09. The normalized spacial score (nSPS) is 30.8. The lowest BCUT2D eigenvalue weighted by molar-refractivity contribution is 0.441. The van der Waals surface area contributed by atoms with E-state index in [9.17, 15) is 4.79 Å². The molecule has 1 aromatic heterocycles. The number of fused-ring (bicyclic) bond motifs is 1. The Morgan fingerprint density at radius 1 is 1.56 bits per heavy atom. The van der Waals surface area contributed by atoms with Crippen LogP contribution in [0.5, 0.6) is 0 Å². The molecule has 2 N–H and O–H groups in total. The number of aromatic nitrogens is 2. The standard InChI is InChI=1S/C12H17ClN4O/c1-2-9-8-4-14-3-7(8)5-17(9)11-10(13)12(18)16-6-15-11/h6-9,14H,2-5H2,1H3,(H,15,16,18). The number of hydrogen-bond donors (Lipinski definition) is 2. The lowest BCUT2D eigenvalue weighted by Crippen LogP contribution is -2.36. The first-order valence-electron chi connectivity index (χ1n) is 6.43. The number of hydrogen-bond acceptors (Lipinski definition) is 4. The molecule has 0 amide bonds. The highest BCUT2D eigenvalue weighted by atomic mass is 35.5. The van der Waals surface area contributed by atoms with Gasteiger partial charge in [0, 0.05) is 25.7 Å². The topological polar surface area (TPSA) is 61.0 Å². The van der Waals surface area contributed by atoms with Gasteiger partial charge in [0.2, 0.25) is 0 Å². The minimum atomic E-state index is -0.258. The predicted octanol–water partition coefficient (Wildman–Crippen LogP) is 0.857. The van der Waals surface area contributed by atoms with Crippen LogP contribution in [-0.2, 0) is 0 Å². The van der Waals surface area contributed by atoms with Gasteiger partial charge in [0.25, 0.3) is 5.56 Å². The van der Waals surface area contributed by atoms with E-state index in [1.807, 2.05) is 0 Å². The first-order chi connectivity index (χ1) is 8.72. The molecule has 0 spiro atoms. The zero-order valence-electron chi connectivity index (χ0n) is 10.3. The number of rotatable bonds is 2. The number of H-pyrrole nitrogens is 1. The van der Waals surface area contributed by atoms with E-state index in [4.69, 9.17) is 11.6 Å². The molecule has 1 aromatic rings. The van der Waals surface area contributed by atoms with E-state index in [2.05, 4.69) is 27.1 Å². The summed E-state index contributed by atoms with van der Waals surface area (Å²) in [6.07, 6.45) is 2.48. The van der Waals surface area contributed by atoms with Crippen LogP contribution in [0, 0.1) is 11.8 Å². The fourth-order valence-electron chi connectivity index (χ4n) is 3.36. The second kappa shape index (κ2) is 4.55. The van der Waals surface area contributed by atoms with Crippen LogP contribution in [0.25, 0.3) is 0 Å². The maximum Gasteiger partial charge on any atom is 0.271 e. The van der Waals surface area contributed by atoms with Crippen molar-refractivity contribution in [2.45, 2.75) is 19.4 Å². The third-order valence-corrected chi connectivity index (χ3v) is 4.53. The van der Waals surface area contributed by atoms with Gasteiger partial charge in [-0.1, -0.05) is 18.5 Å². The summed E-state index contributed by atoms with van der Waals surface area (Å²) in [5.41, 5.74) is -0.258. The molecule has 3 heterocycles. The minimum Gasteiger partial charge on any atom is -0.352 e. The van der Waals surface area contributed by atoms with Gasteiger partial charge in [-0.15, -0.1) is 0 Å². The SMILES string of the molecule is CCC1C2CNCC2CN1c1nc[nH]c(=O)c1Cl. The van der Waals surface area contributed by atoms with Crippen LogP contribution >= 0.6 is 11.6 Å². The van der Waals surface area contributed by atoms with Crippen LogP contribution in [0.4, 0.5) is 5.82 Å². The molecular weight excluding hydrogens is 252 g/mol. The van der Waals surface area contributed by atoms with Crippen LogP contribution in [0.3, 0.4) is 0 Å². The molecule has 2 fully saturated rings. The van der Waals surface area contributed by atoms with E-state index >= 15 is 0 Å². The Bertz CT molecular complexity index is 503. The summed E-state index contributed by atoms with van der Waals surface area (Å²) in [6, 6.07) is 0.428. The number of halogens is 1. The van der Waals surface area contributed by atoms with Crippen molar-refractivity contribution in [3.05, 3.63) is 21.7 Å². The van der Waals surface area contributed by atoms with Gasteiger partial charge in [0.05, 0.1) is 6.33 Å². The molecule has 5 nitrogen and oxygen atoms in total. The lowest BCUT2D eigenvalue weighted by atomic mass is 9.93. The average Bonchev–Trinajstić information content (AvgIpc) is 2.92. The summed E-state index contributed by atoms with van der Waals surface area (Å²) in [5, 5.41) is 3.65. The molecule has 0 radical (unpaired) electrons. The zero-order chi connectivity index (χ0) is 12.7. The zero-order valence-corrected chi connectivity index (χ0v) is 11.1. The summed E-state index contributed by atoms with van der Waals surface area (Å²) in [7, 11) is 0. The maximum absolute atomic E-state index is 11.6. The third kappa shape index (κ3) is 1.73. The van der Waals surface area contributed by atoms with Crippen molar-refractivity contribution in [1.82, 2.24) is 15.3 Å². The van der Waals surface area contributed by atoms with Crippen LogP contribution in [-0.4, -0.2) is 35.6 Å². The second-order valence-electron chi connectivity index (χ2n) is 5.08. The Labute approximate surface area is 111 Å². The third-order valence-electron chi connectivity index (χ3n) is 4.19. The Morgan fingerprint density at radius 2 is 2.39 bits per heavy atom. The van der Waals surface area contributed by atoms with Crippen molar-refractivity contribution >= 4 is 17.4 Å². The van der Waals surface area contributed by atoms with Crippen LogP contribution < -0.4 is 15.8 Å². The molecule has 18 heavy (non-hydrogen) atoms. The van der Waals surface area contributed by atoms with E-state index in [0.29, 0.717) is 23.7 Å². The van der Waals surface area contributed by atoms with Crippen molar-refractivity contribution < 1.29 is 0 Å². The maximum atomic E-state index is 11.6. The smallest absolute Gasteiger partial charge is 0.271 e. The van der Waals surface area contributed by atoms with Gasteiger partial charge in [-0.05, 0) is 18.3 Å². The molecule has 0 saturated carbocycles. The van der Waals surface area contributed by atoms with Gasteiger partial charge < -0.3 is 15.2 Å². The number of nitrogens with zero attached hydrogens (tertiary/aromatic N) is 2. The van der Waals surface area contributed by atoms with E-state index in [0.717, 1.165) is 26.1 Å². The highest BCUT2D eigenvalue weighted by Crippen LogP contribution is 2.37. The van der Waals surface area contributed by atoms with Crippen molar-refractivity contribution in [2.24, 2.45) is 11.8 Å². The first-order valence-corrected chi connectivity index (χ1v) is 6.80. The van der Waals surface area contributed by atoms with Gasteiger partial charge in [-0.2, -0.15) is 0 Å². The number of aromatic amines is 1. The van der Waals surface area contributed by atoms with Crippen LogP contribution in [0.1, 0.15) is 13.3 Å². The molecule has 2 saturated heterocycles. The monoisotopic (exact) mass is 268 g/mol. The van der Waals surface area contributed by atoms with Crippen molar-refractivity contribution in [3.8, 4) is 0 Å². The highest BCUT2D eigenvalue weighted by molar-refractivity contribution is 6.32. The first kappa shape index (κ1) is 12.0. The fraction of sp³-hybridized carbons (Fsp3) is 0.667. The van der Waals surface area contributed by atoms with Crippen molar-refractivity contribution in [2.75, 3.05) is 24.5 Å². The Hall–Kier alpha value is -1.07. The molecule has 2 aliphatic heterocycles. The molecule has 2 aliphatic rings. The Morgan fingerprint density at radius 3 is 3.17 bits per heavy atom. The second-order valence-corrected chi connectivity index (χ2v) is 5.46. The molecule has 0 bridgehead atoms. The average molecular weight is 269 g/mol. The molecule has 6 heteroatoms. The van der Waals surface area contributed by atoms with E-state index < -0.39 is 0 Å². The van der Waals surface area contributed by atoms with Crippen LogP contribution in [0.15, 0.2) is 11.1 Å². The molecule has 0 aromatic carbocycles. The number of nitrogens with one attached hydrogen (secondary N) is 2. The molecule has 0 aliphatic carbocycles. The van der Waals surface area contributed by atoms with Gasteiger partial charge in [0.1, 0.15) is 5.02 Å². The summed E-state index contributed by atoms with van der Waals surface area (Å²) in [5.74, 6) is 1.93. The molecule has 3 rings (SSSR count). The van der Waals surface area contributed by atoms with Gasteiger partial charge in [-0.25, -0.2) is 4.98 Å². The summed E-state index contributed by atoms with van der Waals surface area (Å²) in [6.45, 7) is 5.23. The Kier molecular flexibility index (Phi) is 3.03. The van der Waals surface area contributed by atoms with Gasteiger partial charge in [-0.3, -0.25) is 4.79 Å². The van der Waals surface area contributed by atoms with E-state index in [1.165, 1.54) is 6.33 Å². The van der Waals surface area contributed by atoms with Gasteiger partial charge >= 0.3 is 0 Å². The van der Waals surface area contributed by atoms with Gasteiger partial charge in [0.15, 0.2) is 5.82 Å². The van der Waals surface area contributed by atoms with Crippen molar-refractivity contribution in [1.29, 1.82) is 0 Å². The Balaban J connectivity index is 1.97. The van der Waals surface area contributed by atoms with E-state index in [-0.39, 0.29) is 10.6 Å². The predicted molar refractivity (Wildman–Crippen MR) is 71.1 cm³/mol. The number of anilines is 1. The van der Waals surface area contributed by atoms with E-state index in [1.54, 1.807) is 0 Å². The summed E-state index contributed by atoms with van der Waals surface area (Å²) < 4.78 is 0. The highest BCUT2D eigenvalue weighted by Gasteiger charge is 2.44. The van der Waals surface area contributed by atoms with Crippen molar-refractivity contribution in [3.63, 3.8) is 0 Å². The summed E-state index contributed by atoms with van der Waals surface area (Å²) in [4.78, 5) is 20.6. The molecule has 98 valence electrons. The molecular formula is C12H17ClN4O. The quantitative estimate of drug-likeness (QED) is 0.835. The van der Waals surface area contributed by atoms with Crippen LogP contribution in [0.2, 0.25) is 5.02 Å². The molecule has 3 atom stereocenters. The fourth-order valence-corrected chi connectivity index (χ4v) is 3.58. The minimum absolute atomic E-state index is 0.212. The molecule has 3 unspecified atom stereocenters. The lowest BCUT2D eigenvalue weighted by Gasteiger charge is -2.28. The largest absolute Gasteiger partial charge is 0.352 e.